The lowest BCUT2D eigenvalue weighted by Crippen LogP contribution is -2.73. The summed E-state index contributed by atoms with van der Waals surface area (Å²) in [5, 5.41) is 40.2. The fourth-order valence-corrected chi connectivity index (χ4v) is 29.3. The molecule has 6 heterocycles. The van der Waals surface area contributed by atoms with E-state index < -0.39 is 11.2 Å². The van der Waals surface area contributed by atoms with Gasteiger partial charge >= 0.3 is 0 Å². The largest absolute Gasteiger partial charge is 0.488 e. The molecule has 25 atom stereocenters. The van der Waals surface area contributed by atoms with Crippen molar-refractivity contribution in [3.05, 3.63) is 86.5 Å². The Morgan fingerprint density at radius 3 is 1.24 bits per heavy atom. The molecule has 12 nitrogen and oxygen atoms in total. The summed E-state index contributed by atoms with van der Waals surface area (Å²) < 4.78 is 21.0. The number of nitriles is 1. The van der Waals surface area contributed by atoms with E-state index in [1.165, 1.54) is 91.3 Å². The molecule has 24 rings (SSSR count). The number of carbonyl (C=O) groups excluding carboxylic acids is 1. The summed E-state index contributed by atoms with van der Waals surface area (Å²) in [5.74, 6) is 4.50. The van der Waals surface area contributed by atoms with Crippen LogP contribution in [-0.2, 0) is 40.3 Å². The van der Waals surface area contributed by atoms with Gasteiger partial charge in [0.1, 0.15) is 41.3 Å². The Labute approximate surface area is 563 Å². The third kappa shape index (κ3) is 6.21. The standard InChI is InChI=1S/C27H34N2O2.C27H37NO2.C23H27NO2.C2H4N2.3CH4/c1-15-7-8-16-11-26-13-27-18(16)19(15)31-21(27)23(5)9-10-25(27,20(26)29(26)14-28)12-17(23)24(6,30)22(2,3)4;1-15-8-9-16-12-26-14-27-18(16)19(15)30-21(27)23(5)10-11-25(27,20(26)28(26)7)13-17(23)24(6,29)22(2,3)4;1-12-5-6-14-9-22-11-23-16(14)17(12)26-19(23)20(3)7-8-21(23,18(22)24(22)4)10-15(20)13(2)25;1-4-2-3;;;/h7-8,17,20-21,30H,9-13H2,1-6H3;8-9,17,20-21,29H,10-14H2,1-7H3;5-6,15,18-19H,7-11H2,1-4H3;3H,1H3;3*1H4/t17?,20-,21?,23?,24?,25?,26?,27-,29?;17?,20-,21?,23?,24?,25?,26?,27-,28?;15?,18-,19?,20?,21?,22?,23-,24?;;;;/m000..../s1. The van der Waals surface area contributed by atoms with E-state index in [1.54, 1.807) is 28.3 Å². The van der Waals surface area contributed by atoms with Crippen molar-refractivity contribution in [1.82, 2.24) is 14.7 Å². The zero-order chi connectivity index (χ0) is 64.5. The second-order valence-corrected chi connectivity index (χ2v) is 37.9. The van der Waals surface area contributed by atoms with Crippen molar-refractivity contribution in [3.8, 4) is 23.4 Å². The summed E-state index contributed by atoms with van der Waals surface area (Å²) in [6, 6.07) is 17.3. The van der Waals surface area contributed by atoms with E-state index in [1.807, 2.05) is 6.92 Å². The van der Waals surface area contributed by atoms with Crippen LogP contribution in [0.25, 0.3) is 0 Å². The smallest absolute Gasteiger partial charge is 0.180 e. The highest BCUT2D eigenvalue weighted by atomic mass is 16.5. The van der Waals surface area contributed by atoms with Gasteiger partial charge in [-0.3, -0.25) is 19.5 Å². The fourth-order valence-electron chi connectivity index (χ4n) is 29.3. The molecule has 9 spiro atoms. The molecule has 12 bridgehead atoms. The van der Waals surface area contributed by atoms with E-state index in [9.17, 15) is 20.3 Å². The number of hydrogen-bond donors (Lipinski definition) is 3. The van der Waals surface area contributed by atoms with Gasteiger partial charge in [-0.2, -0.15) is 5.26 Å². The van der Waals surface area contributed by atoms with Crippen LogP contribution in [0.2, 0.25) is 0 Å². The highest BCUT2D eigenvalue weighted by molar-refractivity contribution is 5.81. The van der Waals surface area contributed by atoms with Gasteiger partial charge in [-0.05, 0) is 208 Å². The van der Waals surface area contributed by atoms with Gasteiger partial charge in [0.05, 0.1) is 28.8 Å². The van der Waals surface area contributed by atoms with Crippen LogP contribution in [0.3, 0.4) is 0 Å². The maximum absolute atomic E-state index is 12.7. The van der Waals surface area contributed by atoms with Gasteiger partial charge in [0.25, 0.3) is 0 Å². The number of Topliss-reactive ketones (excluding diaryl/α,β-unsaturated/α-hetero) is 1. The molecule has 3 aromatic rings. The average molecular weight is 1280 g/mol. The van der Waals surface area contributed by atoms with E-state index >= 15 is 0 Å². The number of aliphatic hydroxyl groups is 2. The summed E-state index contributed by atoms with van der Waals surface area (Å²) in [6.07, 6.45) is 20.4. The lowest BCUT2D eigenvalue weighted by Gasteiger charge is -2.70. The number of piperidine rings is 3. The van der Waals surface area contributed by atoms with Gasteiger partial charge in [0, 0.05) is 102 Å². The number of hydrogen-bond acceptors (Lipinski definition) is 12. The van der Waals surface area contributed by atoms with Crippen molar-refractivity contribution < 1.29 is 29.2 Å². The zero-order valence-corrected chi connectivity index (χ0v) is 58.0. The van der Waals surface area contributed by atoms with Crippen molar-refractivity contribution in [2.24, 2.45) is 66.1 Å². The van der Waals surface area contributed by atoms with Crippen LogP contribution >= 0.6 is 0 Å². The topological polar surface area (TPSA) is 154 Å². The molecule has 3 N–H and O–H groups in total. The molecular formula is C82H114N6O6. The van der Waals surface area contributed by atoms with Crippen molar-refractivity contribution in [3.63, 3.8) is 0 Å². The monoisotopic (exact) mass is 1280 g/mol. The average Bonchev–Trinajstić information content (AvgIpc) is 1.44. The quantitative estimate of drug-likeness (QED) is 0.131. The SMILES string of the molecule is C.C.C.CC(=O)C1CC23CCC1(C)C1Oc4c(C)ccc5c4[C@@]12CC1(C5)[C@H]3N1C.CN=C=N.Cc1ccc2c3c1OC1C4(C)CCC5(CC4C(C)(O)C(C)(C)C)[C@@H]4N(C#N)C4(C2)C[C@]315.Cc1ccc2c3c1OC1C4(C)CCC5(CC4C(C)(O)C(C)(C)C)[C@@H]4N(C)C4(C2)C[C@]315. The number of nitrogens with one attached hydrogen (secondary N) is 1. The molecule has 6 aliphatic heterocycles. The number of benzene rings is 3. The van der Waals surface area contributed by atoms with Gasteiger partial charge in [-0.15, -0.1) is 0 Å². The molecule has 12 saturated carbocycles. The number of likely N-dealkylation sites (N-methyl/N-ethyl adjacent to an activating group) is 2. The molecule has 0 amide bonds. The van der Waals surface area contributed by atoms with Crippen LogP contribution in [0.15, 0.2) is 41.4 Å². The fraction of sp³-hybridized carbons (Fsp3) is 0.744. The highest BCUT2D eigenvalue weighted by Crippen LogP contribution is 2.90. The Morgan fingerprint density at radius 1 is 0.564 bits per heavy atom. The van der Waals surface area contributed by atoms with E-state index in [0.717, 1.165) is 57.1 Å². The number of ketones is 1. The van der Waals surface area contributed by atoms with E-state index in [4.69, 9.17) is 19.6 Å². The summed E-state index contributed by atoms with van der Waals surface area (Å²) in [6.45, 7) is 33.1. The molecule has 0 radical (unpaired) electrons. The summed E-state index contributed by atoms with van der Waals surface area (Å²) in [7, 11) is 6.21. The number of likely N-dealkylation sites (tertiary alicyclic amines) is 3. The minimum Gasteiger partial charge on any atom is -0.488 e. The Balaban J connectivity index is 0.000000112. The minimum absolute atomic E-state index is 0. The molecular weight excluding hydrogens is 1160 g/mol. The number of aryl methyl sites for hydroxylation is 3. The Kier molecular flexibility index (Phi) is 12.5. The first-order chi connectivity index (χ1) is 42.5. The first-order valence-electron chi connectivity index (χ1n) is 35.5. The lowest BCUT2D eigenvalue weighted by atomic mass is 9.35. The van der Waals surface area contributed by atoms with E-state index in [-0.39, 0.29) is 123 Å². The van der Waals surface area contributed by atoms with Crippen molar-refractivity contribution in [1.29, 1.82) is 10.7 Å². The summed E-state index contributed by atoms with van der Waals surface area (Å²) in [5.41, 5.74) is 12.5. The van der Waals surface area contributed by atoms with Gasteiger partial charge in [-0.25, -0.2) is 10.4 Å². The molecule has 21 aliphatic rings. The number of rotatable bonds is 3. The molecule has 508 valence electrons. The number of aliphatic imine (C=N–C) groups is 1. The Bertz CT molecular complexity index is 4000. The van der Waals surface area contributed by atoms with E-state index in [0.29, 0.717) is 35.0 Å². The third-order valence-corrected chi connectivity index (χ3v) is 33.8. The Morgan fingerprint density at radius 2 is 0.894 bits per heavy atom. The minimum atomic E-state index is -0.803. The van der Waals surface area contributed by atoms with Crippen molar-refractivity contribution in [2.75, 3.05) is 21.1 Å². The van der Waals surface area contributed by atoms with Crippen LogP contribution < -0.4 is 14.2 Å². The van der Waals surface area contributed by atoms with Gasteiger partial charge < -0.3 is 24.4 Å². The number of ether oxygens (including phenoxy) is 3. The van der Waals surface area contributed by atoms with E-state index in [2.05, 4.69) is 173 Å². The maximum Gasteiger partial charge on any atom is 0.180 e. The molecule has 3 aromatic carbocycles. The molecule has 15 aliphatic carbocycles. The van der Waals surface area contributed by atoms with Gasteiger partial charge in [0.15, 0.2) is 6.19 Å². The van der Waals surface area contributed by atoms with Crippen LogP contribution in [0, 0.1) is 98.7 Å². The molecule has 12 heteroatoms. The zero-order valence-electron chi connectivity index (χ0n) is 58.0. The van der Waals surface area contributed by atoms with Gasteiger partial charge in [-0.1, -0.05) is 121 Å². The summed E-state index contributed by atoms with van der Waals surface area (Å²) >= 11 is 0. The number of carbonyl (C=O) groups is 1. The molecule has 15 fully saturated rings. The summed E-state index contributed by atoms with van der Waals surface area (Å²) in [4.78, 5) is 23.4. The van der Waals surface area contributed by atoms with Crippen molar-refractivity contribution in [2.45, 2.75) is 303 Å². The highest BCUT2D eigenvalue weighted by Gasteiger charge is 2.95. The van der Waals surface area contributed by atoms with Crippen LogP contribution in [0.4, 0.5) is 0 Å². The first kappa shape index (κ1) is 65.2. The second-order valence-electron chi connectivity index (χ2n) is 37.9. The molecule has 3 saturated heterocycles. The predicted molar refractivity (Wildman–Crippen MR) is 370 cm³/mol. The first-order valence-corrected chi connectivity index (χ1v) is 35.5. The maximum atomic E-state index is 12.7. The number of nitrogens with zero attached hydrogens (tertiary/aromatic N) is 5. The number of fused-ring (bicyclic) bond motifs is 6. The van der Waals surface area contributed by atoms with Crippen LogP contribution in [-0.4, -0.2) is 122 Å². The Hall–Kier alpha value is -4.76. The van der Waals surface area contributed by atoms with Crippen LogP contribution in [0.5, 0.6) is 17.2 Å². The predicted octanol–water partition coefficient (Wildman–Crippen LogP) is 14.8. The molecule has 19 unspecified atom stereocenters. The van der Waals surface area contributed by atoms with Crippen molar-refractivity contribution >= 4 is 11.8 Å². The third-order valence-electron chi connectivity index (χ3n) is 33.8. The lowest BCUT2D eigenvalue weighted by molar-refractivity contribution is -0.246. The van der Waals surface area contributed by atoms with Crippen LogP contribution in [0.1, 0.15) is 232 Å². The molecule has 94 heavy (non-hydrogen) atoms. The van der Waals surface area contributed by atoms with Gasteiger partial charge in [0.2, 0.25) is 0 Å². The second kappa shape index (κ2) is 18.0. The normalized spacial score (nSPS) is 48.8. The molecule has 0 aromatic heterocycles.